The Kier molecular flexibility index (Phi) is 5.78. The molecule has 0 spiro atoms. The molecule has 0 unspecified atom stereocenters. The largest absolute Gasteiger partial charge is 0.494 e. The number of carbonyl (C=O) groups is 2. The van der Waals surface area contributed by atoms with Crippen LogP contribution in [0.5, 0.6) is 5.75 Å². The van der Waals surface area contributed by atoms with Gasteiger partial charge in [0.2, 0.25) is 11.8 Å². The predicted octanol–water partition coefficient (Wildman–Crippen LogP) is 4.12. The van der Waals surface area contributed by atoms with Crippen LogP contribution in [-0.2, 0) is 9.59 Å². The van der Waals surface area contributed by atoms with E-state index in [-0.39, 0.29) is 18.2 Å². The predicted molar refractivity (Wildman–Crippen MR) is 103 cm³/mol. The first-order chi connectivity index (χ1) is 12.6. The number of halogens is 1. The Hall–Kier alpha value is -2.53. The molecule has 1 aliphatic heterocycles. The van der Waals surface area contributed by atoms with E-state index in [1.165, 1.54) is 0 Å². The minimum absolute atomic E-state index is 0.0734. The Morgan fingerprint density at radius 3 is 2.73 bits per heavy atom. The second-order valence-electron chi connectivity index (χ2n) is 6.25. The number of anilines is 2. The van der Waals surface area contributed by atoms with Crippen molar-refractivity contribution in [1.29, 1.82) is 0 Å². The van der Waals surface area contributed by atoms with Crippen LogP contribution in [0.1, 0.15) is 19.8 Å². The fraction of sp³-hybridized carbons (Fsp3) is 0.300. The minimum Gasteiger partial charge on any atom is -0.494 e. The molecular formula is C20H21ClN2O3. The number of rotatable bonds is 6. The Morgan fingerprint density at radius 1 is 1.27 bits per heavy atom. The Balaban J connectivity index is 1.61. The van der Waals surface area contributed by atoms with Gasteiger partial charge >= 0.3 is 0 Å². The van der Waals surface area contributed by atoms with Crippen LogP contribution >= 0.6 is 11.6 Å². The van der Waals surface area contributed by atoms with Crippen molar-refractivity contribution in [2.45, 2.75) is 19.8 Å². The summed E-state index contributed by atoms with van der Waals surface area (Å²) >= 11 is 5.99. The fourth-order valence-electron chi connectivity index (χ4n) is 2.88. The van der Waals surface area contributed by atoms with E-state index in [0.29, 0.717) is 23.9 Å². The molecule has 0 radical (unpaired) electrons. The van der Waals surface area contributed by atoms with E-state index < -0.39 is 5.92 Å². The molecule has 3 rings (SSSR count). The number of ether oxygens (including phenoxy) is 1. The Labute approximate surface area is 157 Å². The van der Waals surface area contributed by atoms with Crippen LogP contribution in [0.15, 0.2) is 48.5 Å². The molecule has 1 N–H and O–H groups in total. The lowest BCUT2D eigenvalue weighted by molar-refractivity contribution is -0.122. The first-order valence-electron chi connectivity index (χ1n) is 8.66. The van der Waals surface area contributed by atoms with Crippen LogP contribution in [0, 0.1) is 5.92 Å². The topological polar surface area (TPSA) is 58.6 Å². The third-order valence-corrected chi connectivity index (χ3v) is 4.45. The number of benzene rings is 2. The summed E-state index contributed by atoms with van der Waals surface area (Å²) in [7, 11) is 0. The zero-order valence-electron chi connectivity index (χ0n) is 14.6. The molecule has 2 aromatic carbocycles. The number of hydrogen-bond donors (Lipinski definition) is 1. The van der Waals surface area contributed by atoms with Gasteiger partial charge in [0, 0.05) is 29.4 Å². The van der Waals surface area contributed by atoms with Gasteiger partial charge in [-0.1, -0.05) is 24.6 Å². The van der Waals surface area contributed by atoms with Gasteiger partial charge < -0.3 is 15.0 Å². The monoisotopic (exact) mass is 372 g/mol. The summed E-state index contributed by atoms with van der Waals surface area (Å²) in [5.74, 6) is 0.145. The maximum atomic E-state index is 12.5. The highest BCUT2D eigenvalue weighted by atomic mass is 35.5. The summed E-state index contributed by atoms with van der Waals surface area (Å²) in [6, 6.07) is 14.3. The standard InChI is InChI=1S/C20H21ClN2O3/c1-2-10-26-18-8-6-16(7-9-18)22-20(25)14-11-19(24)23(13-14)17-5-3-4-15(21)12-17/h3-9,12,14H,2,10-11,13H2,1H3,(H,22,25)/t14-/m1/s1. The molecule has 2 aromatic rings. The van der Waals surface area contributed by atoms with Crippen LogP contribution in [-0.4, -0.2) is 25.0 Å². The molecule has 0 saturated carbocycles. The minimum atomic E-state index is -0.391. The molecule has 1 heterocycles. The van der Waals surface area contributed by atoms with Crippen molar-refractivity contribution >= 4 is 34.8 Å². The molecule has 0 bridgehead atoms. The lowest BCUT2D eigenvalue weighted by Gasteiger charge is -2.17. The van der Waals surface area contributed by atoms with E-state index in [4.69, 9.17) is 16.3 Å². The molecule has 1 fully saturated rings. The molecule has 2 amide bonds. The van der Waals surface area contributed by atoms with Crippen molar-refractivity contribution in [2.75, 3.05) is 23.4 Å². The lowest BCUT2D eigenvalue weighted by atomic mass is 10.1. The van der Waals surface area contributed by atoms with Crippen LogP contribution in [0.25, 0.3) is 0 Å². The summed E-state index contributed by atoms with van der Waals surface area (Å²) < 4.78 is 5.53. The molecular weight excluding hydrogens is 352 g/mol. The molecule has 1 aliphatic rings. The van der Waals surface area contributed by atoms with E-state index in [0.717, 1.165) is 17.9 Å². The Morgan fingerprint density at radius 2 is 2.04 bits per heavy atom. The lowest BCUT2D eigenvalue weighted by Crippen LogP contribution is -2.28. The maximum absolute atomic E-state index is 12.5. The van der Waals surface area contributed by atoms with Crippen molar-refractivity contribution in [3.63, 3.8) is 0 Å². The van der Waals surface area contributed by atoms with Gasteiger partial charge in [0.25, 0.3) is 0 Å². The summed E-state index contributed by atoms with van der Waals surface area (Å²) in [4.78, 5) is 26.4. The zero-order chi connectivity index (χ0) is 18.5. The highest BCUT2D eigenvalue weighted by Crippen LogP contribution is 2.28. The second-order valence-corrected chi connectivity index (χ2v) is 6.68. The highest BCUT2D eigenvalue weighted by molar-refractivity contribution is 6.31. The first-order valence-corrected chi connectivity index (χ1v) is 9.04. The number of carbonyl (C=O) groups excluding carboxylic acids is 2. The fourth-order valence-corrected chi connectivity index (χ4v) is 3.06. The van der Waals surface area contributed by atoms with Gasteiger partial charge in [-0.15, -0.1) is 0 Å². The zero-order valence-corrected chi connectivity index (χ0v) is 15.3. The average molecular weight is 373 g/mol. The van der Waals surface area contributed by atoms with Gasteiger partial charge in [-0.05, 0) is 48.9 Å². The van der Waals surface area contributed by atoms with Crippen molar-refractivity contribution in [1.82, 2.24) is 0 Å². The number of amides is 2. The van der Waals surface area contributed by atoms with E-state index in [9.17, 15) is 9.59 Å². The maximum Gasteiger partial charge on any atom is 0.229 e. The third kappa shape index (κ3) is 4.35. The molecule has 5 nitrogen and oxygen atoms in total. The number of nitrogens with one attached hydrogen (secondary N) is 1. The van der Waals surface area contributed by atoms with Gasteiger partial charge in [-0.25, -0.2) is 0 Å². The van der Waals surface area contributed by atoms with E-state index in [1.54, 1.807) is 35.2 Å². The summed E-state index contributed by atoms with van der Waals surface area (Å²) in [5, 5.41) is 3.44. The average Bonchev–Trinajstić information content (AvgIpc) is 3.03. The van der Waals surface area contributed by atoms with Crippen molar-refractivity contribution in [3.05, 3.63) is 53.6 Å². The SMILES string of the molecule is CCCOc1ccc(NC(=O)[C@@H]2CC(=O)N(c3cccc(Cl)c3)C2)cc1. The molecule has 0 aliphatic carbocycles. The quantitative estimate of drug-likeness (QED) is 0.829. The third-order valence-electron chi connectivity index (χ3n) is 4.21. The van der Waals surface area contributed by atoms with Crippen LogP contribution in [0.3, 0.4) is 0 Å². The summed E-state index contributed by atoms with van der Waals surface area (Å²) in [6.45, 7) is 3.06. The normalized spacial score (nSPS) is 16.6. The molecule has 1 atom stereocenters. The van der Waals surface area contributed by atoms with Crippen LogP contribution in [0.4, 0.5) is 11.4 Å². The van der Waals surface area contributed by atoms with Gasteiger partial charge in [0.05, 0.1) is 12.5 Å². The van der Waals surface area contributed by atoms with Gasteiger partial charge in [-0.3, -0.25) is 9.59 Å². The van der Waals surface area contributed by atoms with E-state index in [2.05, 4.69) is 5.32 Å². The smallest absolute Gasteiger partial charge is 0.229 e. The highest BCUT2D eigenvalue weighted by Gasteiger charge is 2.35. The molecule has 136 valence electrons. The Bertz CT molecular complexity index is 792. The molecule has 0 aromatic heterocycles. The van der Waals surface area contributed by atoms with Gasteiger partial charge in [0.15, 0.2) is 0 Å². The summed E-state index contributed by atoms with van der Waals surface area (Å²) in [6.07, 6.45) is 1.13. The molecule has 1 saturated heterocycles. The van der Waals surface area contributed by atoms with E-state index >= 15 is 0 Å². The molecule has 6 heteroatoms. The van der Waals surface area contributed by atoms with E-state index in [1.807, 2.05) is 25.1 Å². The van der Waals surface area contributed by atoms with Gasteiger partial charge in [-0.2, -0.15) is 0 Å². The summed E-state index contributed by atoms with van der Waals surface area (Å²) in [5.41, 5.74) is 1.41. The van der Waals surface area contributed by atoms with Crippen molar-refractivity contribution in [2.24, 2.45) is 5.92 Å². The van der Waals surface area contributed by atoms with Crippen molar-refractivity contribution < 1.29 is 14.3 Å². The number of hydrogen-bond acceptors (Lipinski definition) is 3. The number of nitrogens with zero attached hydrogens (tertiary/aromatic N) is 1. The van der Waals surface area contributed by atoms with Crippen LogP contribution < -0.4 is 15.0 Å². The van der Waals surface area contributed by atoms with Crippen molar-refractivity contribution in [3.8, 4) is 5.75 Å². The molecule has 26 heavy (non-hydrogen) atoms. The first kappa shape index (κ1) is 18.3. The van der Waals surface area contributed by atoms with Crippen LogP contribution in [0.2, 0.25) is 5.02 Å². The van der Waals surface area contributed by atoms with Gasteiger partial charge in [0.1, 0.15) is 5.75 Å². The second kappa shape index (κ2) is 8.23.